The zero-order valence-electron chi connectivity index (χ0n) is 14.4. The number of carbonyl (C=O) groups is 1. The van der Waals surface area contributed by atoms with Gasteiger partial charge in [-0.05, 0) is 12.5 Å². The number of aryl methyl sites for hydroxylation is 1. The molecular formula is C18H23N3O3. The van der Waals surface area contributed by atoms with E-state index < -0.39 is 0 Å². The Morgan fingerprint density at radius 1 is 1.42 bits per heavy atom. The van der Waals surface area contributed by atoms with Crippen molar-refractivity contribution in [3.8, 4) is 0 Å². The molecule has 3 rings (SSSR count). The maximum atomic E-state index is 12.6. The number of ether oxygens (including phenoxy) is 1. The van der Waals surface area contributed by atoms with Gasteiger partial charge in [0.1, 0.15) is 6.10 Å². The second kappa shape index (κ2) is 7.13. The van der Waals surface area contributed by atoms with E-state index in [1.165, 1.54) is 0 Å². The van der Waals surface area contributed by atoms with E-state index in [1.54, 1.807) is 0 Å². The molecule has 0 aliphatic carbocycles. The predicted molar refractivity (Wildman–Crippen MR) is 88.5 cm³/mol. The molecule has 1 aliphatic rings. The molecule has 1 aliphatic heterocycles. The molecule has 0 bridgehead atoms. The van der Waals surface area contributed by atoms with Crippen LogP contribution in [-0.2, 0) is 16.0 Å². The van der Waals surface area contributed by atoms with E-state index >= 15 is 0 Å². The highest BCUT2D eigenvalue weighted by Crippen LogP contribution is 2.22. The standard InChI is InChI=1S/C18H23N3O3/c1-12(2)18-19-17(20-24-18)15-11-21(7-8-23-15)16(22)10-14-6-4-5-13(3)9-14/h4-6,9,12,15H,7-8,10-11H2,1-3H3/t15-/m0/s1. The summed E-state index contributed by atoms with van der Waals surface area (Å²) in [5.74, 6) is 1.39. The van der Waals surface area contributed by atoms with Crippen molar-refractivity contribution in [1.82, 2.24) is 15.0 Å². The van der Waals surface area contributed by atoms with Gasteiger partial charge in [0.2, 0.25) is 17.6 Å². The van der Waals surface area contributed by atoms with E-state index in [4.69, 9.17) is 9.26 Å². The number of hydrogen-bond acceptors (Lipinski definition) is 5. The lowest BCUT2D eigenvalue weighted by atomic mass is 10.1. The van der Waals surface area contributed by atoms with Crippen molar-refractivity contribution < 1.29 is 14.1 Å². The largest absolute Gasteiger partial charge is 0.366 e. The van der Waals surface area contributed by atoms with Crippen LogP contribution in [0.5, 0.6) is 0 Å². The summed E-state index contributed by atoms with van der Waals surface area (Å²) in [4.78, 5) is 18.8. The maximum Gasteiger partial charge on any atom is 0.229 e. The smallest absolute Gasteiger partial charge is 0.229 e. The van der Waals surface area contributed by atoms with Gasteiger partial charge < -0.3 is 14.2 Å². The number of amides is 1. The lowest BCUT2D eigenvalue weighted by molar-refractivity contribution is -0.138. The Morgan fingerprint density at radius 3 is 2.96 bits per heavy atom. The van der Waals surface area contributed by atoms with Gasteiger partial charge in [-0.2, -0.15) is 4.98 Å². The Kier molecular flexibility index (Phi) is 4.94. The van der Waals surface area contributed by atoms with Crippen LogP contribution in [0.3, 0.4) is 0 Å². The molecule has 24 heavy (non-hydrogen) atoms. The summed E-state index contributed by atoms with van der Waals surface area (Å²) in [5, 5.41) is 4.00. The normalized spacial score (nSPS) is 18.2. The molecule has 1 saturated heterocycles. The van der Waals surface area contributed by atoms with Crippen LogP contribution < -0.4 is 0 Å². The molecule has 0 spiro atoms. The Balaban J connectivity index is 1.65. The van der Waals surface area contributed by atoms with Crippen LogP contribution in [0.4, 0.5) is 0 Å². The van der Waals surface area contributed by atoms with Gasteiger partial charge in [0.05, 0.1) is 19.6 Å². The van der Waals surface area contributed by atoms with Crippen LogP contribution in [-0.4, -0.2) is 40.6 Å². The first-order valence-electron chi connectivity index (χ1n) is 8.31. The number of carbonyl (C=O) groups excluding carboxylic acids is 1. The van der Waals surface area contributed by atoms with Crippen LogP contribution >= 0.6 is 0 Å². The molecule has 0 radical (unpaired) electrons. The van der Waals surface area contributed by atoms with Crippen LogP contribution in [0, 0.1) is 6.92 Å². The van der Waals surface area contributed by atoms with Crippen molar-refractivity contribution >= 4 is 5.91 Å². The van der Waals surface area contributed by atoms with Crippen molar-refractivity contribution in [2.45, 2.75) is 39.2 Å². The molecule has 6 heteroatoms. The Morgan fingerprint density at radius 2 is 2.25 bits per heavy atom. The molecule has 128 valence electrons. The highest BCUT2D eigenvalue weighted by Gasteiger charge is 2.29. The molecule has 0 N–H and O–H groups in total. The summed E-state index contributed by atoms with van der Waals surface area (Å²) in [7, 11) is 0. The van der Waals surface area contributed by atoms with Crippen LogP contribution in [0.2, 0.25) is 0 Å². The minimum absolute atomic E-state index is 0.0986. The second-order valence-corrected chi connectivity index (χ2v) is 6.51. The third kappa shape index (κ3) is 3.82. The van der Waals surface area contributed by atoms with Crippen molar-refractivity contribution in [1.29, 1.82) is 0 Å². The first-order chi connectivity index (χ1) is 11.5. The molecule has 1 amide bonds. The molecular weight excluding hydrogens is 306 g/mol. The quantitative estimate of drug-likeness (QED) is 0.862. The zero-order chi connectivity index (χ0) is 17.1. The molecule has 2 aromatic rings. The minimum Gasteiger partial charge on any atom is -0.366 e. The van der Waals surface area contributed by atoms with Crippen LogP contribution in [0.25, 0.3) is 0 Å². The fraction of sp³-hybridized carbons (Fsp3) is 0.500. The molecule has 0 saturated carbocycles. The van der Waals surface area contributed by atoms with Crippen molar-refractivity contribution in [3.05, 3.63) is 47.1 Å². The average Bonchev–Trinajstić information content (AvgIpc) is 3.05. The van der Waals surface area contributed by atoms with E-state index in [0.29, 0.717) is 37.8 Å². The summed E-state index contributed by atoms with van der Waals surface area (Å²) >= 11 is 0. The number of morpholine rings is 1. The highest BCUT2D eigenvalue weighted by molar-refractivity contribution is 5.79. The Labute approximate surface area is 141 Å². The fourth-order valence-corrected chi connectivity index (χ4v) is 2.75. The molecule has 1 aromatic heterocycles. The molecule has 1 aromatic carbocycles. The van der Waals surface area contributed by atoms with Gasteiger partial charge in [-0.3, -0.25) is 4.79 Å². The first-order valence-corrected chi connectivity index (χ1v) is 8.31. The van der Waals surface area contributed by atoms with Gasteiger partial charge >= 0.3 is 0 Å². The Bertz CT molecular complexity index is 711. The van der Waals surface area contributed by atoms with Gasteiger partial charge in [-0.25, -0.2) is 0 Å². The number of nitrogens with zero attached hydrogens (tertiary/aromatic N) is 3. The lowest BCUT2D eigenvalue weighted by Crippen LogP contribution is -2.43. The van der Waals surface area contributed by atoms with Crippen LogP contribution in [0.1, 0.15) is 48.7 Å². The maximum absolute atomic E-state index is 12.6. The number of benzene rings is 1. The lowest BCUT2D eigenvalue weighted by Gasteiger charge is -2.31. The molecule has 2 heterocycles. The summed E-state index contributed by atoms with van der Waals surface area (Å²) in [6, 6.07) is 8.04. The average molecular weight is 329 g/mol. The van der Waals surface area contributed by atoms with Gasteiger partial charge in [0, 0.05) is 12.5 Å². The highest BCUT2D eigenvalue weighted by atomic mass is 16.5. The third-order valence-electron chi connectivity index (χ3n) is 4.10. The van der Waals surface area contributed by atoms with Crippen molar-refractivity contribution in [3.63, 3.8) is 0 Å². The Hall–Kier alpha value is -2.21. The van der Waals surface area contributed by atoms with E-state index in [1.807, 2.05) is 49.9 Å². The summed E-state index contributed by atoms with van der Waals surface area (Å²) in [5.41, 5.74) is 2.19. The summed E-state index contributed by atoms with van der Waals surface area (Å²) in [6.07, 6.45) is 0.0780. The molecule has 1 fully saturated rings. The SMILES string of the molecule is Cc1cccc(CC(=O)N2CCO[C@H](c3noc(C(C)C)n3)C2)c1. The fourth-order valence-electron chi connectivity index (χ4n) is 2.75. The first kappa shape index (κ1) is 16.6. The van der Waals surface area contributed by atoms with E-state index in [9.17, 15) is 4.79 Å². The molecule has 0 unspecified atom stereocenters. The molecule has 1 atom stereocenters. The third-order valence-corrected chi connectivity index (χ3v) is 4.10. The van der Waals surface area contributed by atoms with E-state index in [0.717, 1.165) is 11.1 Å². The second-order valence-electron chi connectivity index (χ2n) is 6.51. The topological polar surface area (TPSA) is 68.5 Å². The molecule has 6 nitrogen and oxygen atoms in total. The summed E-state index contributed by atoms with van der Waals surface area (Å²) < 4.78 is 11.0. The number of aromatic nitrogens is 2. The van der Waals surface area contributed by atoms with Gasteiger partial charge in [0.25, 0.3) is 0 Å². The van der Waals surface area contributed by atoms with Gasteiger partial charge in [0.15, 0.2) is 0 Å². The monoisotopic (exact) mass is 329 g/mol. The van der Waals surface area contributed by atoms with Gasteiger partial charge in [-0.15, -0.1) is 0 Å². The summed E-state index contributed by atoms with van der Waals surface area (Å²) in [6.45, 7) is 7.56. The zero-order valence-corrected chi connectivity index (χ0v) is 14.4. The van der Waals surface area contributed by atoms with E-state index in [2.05, 4.69) is 10.1 Å². The number of hydrogen-bond donors (Lipinski definition) is 0. The van der Waals surface area contributed by atoms with Gasteiger partial charge in [-0.1, -0.05) is 48.8 Å². The predicted octanol–water partition coefficient (Wildman–Crippen LogP) is 2.64. The number of rotatable bonds is 4. The van der Waals surface area contributed by atoms with Crippen molar-refractivity contribution in [2.24, 2.45) is 0 Å². The van der Waals surface area contributed by atoms with E-state index in [-0.39, 0.29) is 17.9 Å². The van der Waals surface area contributed by atoms with Crippen LogP contribution in [0.15, 0.2) is 28.8 Å². The minimum atomic E-state index is -0.323. The van der Waals surface area contributed by atoms with Crippen molar-refractivity contribution in [2.75, 3.05) is 19.7 Å².